The first kappa shape index (κ1) is 26.5. The first-order valence-corrected chi connectivity index (χ1v) is 14.2. The molecule has 0 N–H and O–H groups in total. The number of halogens is 2. The van der Waals surface area contributed by atoms with E-state index in [1.807, 2.05) is 0 Å². The summed E-state index contributed by atoms with van der Waals surface area (Å²) in [4.78, 5) is 0. The summed E-state index contributed by atoms with van der Waals surface area (Å²) >= 11 is 0. The third kappa shape index (κ3) is 7.96. The first-order valence-electron chi connectivity index (χ1n) is 14.2. The van der Waals surface area contributed by atoms with Crippen molar-refractivity contribution in [2.45, 2.75) is 129 Å². The lowest BCUT2D eigenvalue weighted by Gasteiger charge is -2.38. The molecule has 2 aliphatic carbocycles. The van der Waals surface area contributed by atoms with Crippen molar-refractivity contribution in [3.05, 3.63) is 29.3 Å². The van der Waals surface area contributed by atoms with Gasteiger partial charge in [0.15, 0.2) is 11.6 Å². The molecule has 33 heavy (non-hydrogen) atoms. The van der Waals surface area contributed by atoms with Gasteiger partial charge in [0.05, 0.1) is 6.61 Å². The summed E-state index contributed by atoms with van der Waals surface area (Å²) in [5.74, 6) is 1.39. The highest BCUT2D eigenvalue weighted by atomic mass is 19.2. The van der Waals surface area contributed by atoms with Gasteiger partial charge in [0, 0.05) is 0 Å². The van der Waals surface area contributed by atoms with Crippen molar-refractivity contribution in [2.75, 3.05) is 6.61 Å². The number of hydrogen-bond donors (Lipinski definition) is 0. The lowest BCUT2D eigenvalue weighted by molar-refractivity contribution is 0.155. The molecule has 1 nitrogen and oxygen atoms in total. The van der Waals surface area contributed by atoms with Crippen LogP contribution in [0.1, 0.15) is 134 Å². The molecule has 3 rings (SSSR count). The Labute approximate surface area is 202 Å². The molecular weight excluding hydrogens is 414 g/mol. The topological polar surface area (TPSA) is 9.23 Å². The van der Waals surface area contributed by atoms with Crippen molar-refractivity contribution in [3.63, 3.8) is 0 Å². The normalized spacial score (nSPS) is 25.8. The molecule has 3 heteroatoms. The zero-order valence-corrected chi connectivity index (χ0v) is 21.4. The van der Waals surface area contributed by atoms with Crippen LogP contribution >= 0.6 is 0 Å². The Morgan fingerprint density at radius 2 is 1.30 bits per heavy atom. The molecule has 1 aromatic carbocycles. The first-order chi connectivity index (χ1) is 16.1. The van der Waals surface area contributed by atoms with Crippen LogP contribution in [0.15, 0.2) is 12.1 Å². The van der Waals surface area contributed by atoms with E-state index in [2.05, 4.69) is 13.8 Å². The smallest absolute Gasteiger partial charge is 0.200 e. The molecule has 0 saturated heterocycles. The number of rotatable bonds is 13. The van der Waals surface area contributed by atoms with Gasteiger partial charge in [0.25, 0.3) is 0 Å². The largest absolute Gasteiger partial charge is 0.490 e. The van der Waals surface area contributed by atoms with Gasteiger partial charge in [0.2, 0.25) is 5.82 Å². The van der Waals surface area contributed by atoms with Crippen LogP contribution in [0, 0.1) is 29.4 Å². The minimum absolute atomic E-state index is 0.0831. The molecule has 188 valence electrons. The van der Waals surface area contributed by atoms with Crippen molar-refractivity contribution in [2.24, 2.45) is 17.8 Å². The molecule has 2 fully saturated rings. The lowest BCUT2D eigenvalue weighted by atomic mass is 9.68. The Balaban J connectivity index is 1.41. The molecule has 0 bridgehead atoms. The minimum Gasteiger partial charge on any atom is -0.490 e. The van der Waals surface area contributed by atoms with Gasteiger partial charge < -0.3 is 4.74 Å². The summed E-state index contributed by atoms with van der Waals surface area (Å²) in [5.41, 5.74) is 0.570. The zero-order chi connectivity index (χ0) is 23.5. The summed E-state index contributed by atoms with van der Waals surface area (Å²) in [6.45, 7) is 4.98. The van der Waals surface area contributed by atoms with Crippen LogP contribution in [0.2, 0.25) is 0 Å². The van der Waals surface area contributed by atoms with Crippen molar-refractivity contribution < 1.29 is 13.5 Å². The summed E-state index contributed by atoms with van der Waals surface area (Å²) in [5, 5.41) is 0. The second-order valence-electron chi connectivity index (χ2n) is 10.9. The molecule has 0 heterocycles. The van der Waals surface area contributed by atoms with E-state index in [4.69, 9.17) is 4.74 Å². The summed E-state index contributed by atoms with van der Waals surface area (Å²) in [6, 6.07) is 3.45. The highest BCUT2D eigenvalue weighted by Crippen LogP contribution is 2.45. The van der Waals surface area contributed by atoms with Gasteiger partial charge in [0.1, 0.15) is 0 Å². The van der Waals surface area contributed by atoms with Crippen LogP contribution in [-0.4, -0.2) is 6.61 Å². The minimum atomic E-state index is -0.785. The fraction of sp³-hybridized carbons (Fsp3) is 0.800. The van der Waals surface area contributed by atoms with Crippen LogP contribution in [0.4, 0.5) is 8.78 Å². The maximum Gasteiger partial charge on any atom is 0.200 e. The van der Waals surface area contributed by atoms with Crippen LogP contribution < -0.4 is 4.74 Å². The number of ether oxygens (including phenoxy) is 1. The van der Waals surface area contributed by atoms with Crippen molar-refractivity contribution >= 4 is 0 Å². The van der Waals surface area contributed by atoms with Crippen LogP contribution in [0.25, 0.3) is 0 Å². The van der Waals surface area contributed by atoms with Gasteiger partial charge in [-0.05, 0) is 80.2 Å². The molecule has 0 spiro atoms. The van der Waals surface area contributed by atoms with Gasteiger partial charge in [-0.25, -0.2) is 4.39 Å². The third-order valence-electron chi connectivity index (χ3n) is 8.55. The standard InChI is InChI=1S/C30H48F2O/c1-3-5-6-7-8-9-10-22-33-28-21-20-27(29(31)30(28)32)26-18-16-25(17-19-26)24-14-12-23(11-4-2)13-15-24/h20-21,23-26H,3-19,22H2,1-2H3. The lowest BCUT2D eigenvalue weighted by Crippen LogP contribution is -2.25. The van der Waals surface area contributed by atoms with E-state index in [-0.39, 0.29) is 11.7 Å². The summed E-state index contributed by atoms with van der Waals surface area (Å²) in [6.07, 6.45) is 20.9. The molecule has 0 aromatic heterocycles. The van der Waals surface area contributed by atoms with E-state index in [0.717, 1.165) is 43.4 Å². The van der Waals surface area contributed by atoms with E-state index in [0.29, 0.717) is 12.2 Å². The maximum absolute atomic E-state index is 14.9. The molecule has 2 saturated carbocycles. The number of benzene rings is 1. The quantitative estimate of drug-likeness (QED) is 0.265. The van der Waals surface area contributed by atoms with E-state index >= 15 is 0 Å². The SMILES string of the molecule is CCCCCCCCCOc1ccc(C2CCC(C3CCC(CCC)CC3)CC2)c(F)c1F. The van der Waals surface area contributed by atoms with Crippen molar-refractivity contribution in [1.29, 1.82) is 0 Å². The van der Waals surface area contributed by atoms with E-state index in [9.17, 15) is 8.78 Å². The highest BCUT2D eigenvalue weighted by molar-refractivity contribution is 5.33. The summed E-state index contributed by atoms with van der Waals surface area (Å²) < 4.78 is 35.2. The van der Waals surface area contributed by atoms with Crippen LogP contribution in [0.3, 0.4) is 0 Å². The van der Waals surface area contributed by atoms with Gasteiger partial charge in [-0.2, -0.15) is 4.39 Å². The monoisotopic (exact) mass is 462 g/mol. The molecule has 1 aromatic rings. The molecule has 0 atom stereocenters. The van der Waals surface area contributed by atoms with Gasteiger partial charge in [-0.3, -0.25) is 0 Å². The fourth-order valence-electron chi connectivity index (χ4n) is 6.47. The second-order valence-corrected chi connectivity index (χ2v) is 10.9. The highest BCUT2D eigenvalue weighted by Gasteiger charge is 2.32. The average Bonchev–Trinajstić information content (AvgIpc) is 2.84. The third-order valence-corrected chi connectivity index (χ3v) is 8.55. The van der Waals surface area contributed by atoms with Crippen molar-refractivity contribution in [3.8, 4) is 5.75 Å². The van der Waals surface area contributed by atoms with Gasteiger partial charge in [-0.1, -0.05) is 84.1 Å². The van der Waals surface area contributed by atoms with Gasteiger partial charge >= 0.3 is 0 Å². The Kier molecular flexibility index (Phi) is 11.5. The number of hydrogen-bond acceptors (Lipinski definition) is 1. The zero-order valence-electron chi connectivity index (χ0n) is 21.4. The Morgan fingerprint density at radius 1 is 0.697 bits per heavy atom. The molecule has 0 amide bonds. The van der Waals surface area contributed by atoms with Crippen LogP contribution in [0.5, 0.6) is 5.75 Å². The molecule has 0 radical (unpaired) electrons. The average molecular weight is 463 g/mol. The van der Waals surface area contributed by atoms with Crippen molar-refractivity contribution in [1.82, 2.24) is 0 Å². The number of unbranched alkanes of at least 4 members (excludes halogenated alkanes) is 6. The molecule has 2 aliphatic rings. The maximum atomic E-state index is 14.9. The predicted octanol–water partition coefficient (Wildman–Crippen LogP) is 9.97. The second kappa shape index (κ2) is 14.3. The van der Waals surface area contributed by atoms with E-state index in [1.165, 1.54) is 83.5 Å². The Morgan fingerprint density at radius 3 is 1.94 bits per heavy atom. The molecule has 0 aliphatic heterocycles. The Hall–Kier alpha value is -1.12. The van der Waals surface area contributed by atoms with Crippen LogP contribution in [-0.2, 0) is 0 Å². The van der Waals surface area contributed by atoms with E-state index in [1.54, 1.807) is 12.1 Å². The molecule has 0 unspecified atom stereocenters. The predicted molar refractivity (Wildman–Crippen MR) is 135 cm³/mol. The fourth-order valence-corrected chi connectivity index (χ4v) is 6.47. The Bertz CT molecular complexity index is 672. The van der Waals surface area contributed by atoms with E-state index < -0.39 is 11.6 Å². The molecular formula is C30H48F2O. The summed E-state index contributed by atoms with van der Waals surface area (Å²) in [7, 11) is 0. The van der Waals surface area contributed by atoms with Gasteiger partial charge in [-0.15, -0.1) is 0 Å².